The number of benzene rings is 2. The summed E-state index contributed by atoms with van der Waals surface area (Å²) >= 11 is 7.74. The SMILES string of the molecule is CCc1cc(C(=O)c2ccccc2Cl)c(-n2cnnc2CNC(=O)c2cc3ccccc3n2CC(=O)O)s1. The van der Waals surface area contributed by atoms with Crippen molar-refractivity contribution < 1.29 is 19.5 Å². The van der Waals surface area contributed by atoms with Crippen molar-refractivity contribution in [3.8, 4) is 5.00 Å². The standard InChI is InChI=1S/C27H22ClN5O4S/c1-2-17-12-19(25(36)18-8-4-5-9-20(18)28)27(38-17)33-15-30-31-23(33)13-29-26(37)22-11-16-7-3-6-10-21(16)32(22)14-24(34)35/h3-12,15H,2,13-14H2,1H3,(H,29,37)(H,34,35). The van der Waals surface area contributed by atoms with Crippen LogP contribution in [0.1, 0.15) is 44.0 Å². The Labute approximate surface area is 226 Å². The number of carbonyl (C=O) groups is 3. The molecule has 192 valence electrons. The van der Waals surface area contributed by atoms with Gasteiger partial charge >= 0.3 is 5.97 Å². The van der Waals surface area contributed by atoms with Gasteiger partial charge in [-0.3, -0.25) is 19.0 Å². The summed E-state index contributed by atoms with van der Waals surface area (Å²) in [5.74, 6) is -1.31. The number of aromatic nitrogens is 4. The average molecular weight is 548 g/mol. The van der Waals surface area contributed by atoms with Gasteiger partial charge in [-0.15, -0.1) is 21.5 Å². The van der Waals surface area contributed by atoms with Gasteiger partial charge < -0.3 is 15.0 Å². The molecule has 3 aromatic heterocycles. The number of nitrogens with one attached hydrogen (secondary N) is 1. The zero-order valence-corrected chi connectivity index (χ0v) is 21.8. The molecule has 0 radical (unpaired) electrons. The molecule has 3 heterocycles. The maximum absolute atomic E-state index is 13.4. The molecule has 2 N–H and O–H groups in total. The van der Waals surface area contributed by atoms with Crippen LogP contribution in [0.3, 0.4) is 0 Å². The van der Waals surface area contributed by atoms with E-state index in [0.29, 0.717) is 32.5 Å². The first-order valence-electron chi connectivity index (χ1n) is 11.8. The first-order chi connectivity index (χ1) is 18.4. The van der Waals surface area contributed by atoms with Crippen LogP contribution in [0.25, 0.3) is 15.9 Å². The molecule has 0 saturated carbocycles. The number of nitrogens with zero attached hydrogens (tertiary/aromatic N) is 4. The Balaban J connectivity index is 1.44. The van der Waals surface area contributed by atoms with Gasteiger partial charge in [0.25, 0.3) is 5.91 Å². The maximum atomic E-state index is 13.4. The maximum Gasteiger partial charge on any atom is 0.323 e. The van der Waals surface area contributed by atoms with Crippen molar-refractivity contribution >= 4 is 51.5 Å². The molecule has 0 bridgehead atoms. The summed E-state index contributed by atoms with van der Waals surface area (Å²) in [7, 11) is 0. The van der Waals surface area contributed by atoms with Crippen molar-refractivity contribution in [2.45, 2.75) is 26.4 Å². The third-order valence-electron chi connectivity index (χ3n) is 6.06. The van der Waals surface area contributed by atoms with E-state index in [9.17, 15) is 19.5 Å². The second-order valence-corrected chi connectivity index (χ2v) is 9.98. The van der Waals surface area contributed by atoms with Gasteiger partial charge in [-0.2, -0.15) is 0 Å². The Morgan fingerprint density at radius 3 is 2.58 bits per heavy atom. The van der Waals surface area contributed by atoms with Crippen LogP contribution in [0.2, 0.25) is 5.02 Å². The predicted molar refractivity (Wildman–Crippen MR) is 144 cm³/mol. The van der Waals surface area contributed by atoms with Crippen LogP contribution in [-0.4, -0.2) is 42.1 Å². The Hall–Kier alpha value is -4.28. The zero-order chi connectivity index (χ0) is 26.8. The molecular weight excluding hydrogens is 526 g/mol. The van der Waals surface area contributed by atoms with Crippen LogP contribution >= 0.6 is 22.9 Å². The van der Waals surface area contributed by atoms with Crippen molar-refractivity contribution in [3.05, 3.63) is 99.5 Å². The predicted octanol–water partition coefficient (Wildman–Crippen LogP) is 4.74. The highest BCUT2D eigenvalue weighted by Gasteiger charge is 2.23. The molecule has 0 fully saturated rings. The minimum absolute atomic E-state index is 0.00646. The number of rotatable bonds is 9. The van der Waals surface area contributed by atoms with Gasteiger partial charge in [-0.25, -0.2) is 0 Å². The number of amides is 1. The lowest BCUT2D eigenvalue weighted by Crippen LogP contribution is -2.27. The molecule has 0 unspecified atom stereocenters. The van der Waals surface area contributed by atoms with Gasteiger partial charge in [0.05, 0.1) is 17.1 Å². The molecule has 0 aliphatic carbocycles. The summed E-state index contributed by atoms with van der Waals surface area (Å²) in [5, 5.41) is 22.1. The number of hydrogen-bond donors (Lipinski definition) is 2. The summed E-state index contributed by atoms with van der Waals surface area (Å²) in [6.07, 6.45) is 2.23. The van der Waals surface area contributed by atoms with Crippen molar-refractivity contribution in [2.75, 3.05) is 0 Å². The molecule has 38 heavy (non-hydrogen) atoms. The number of ketones is 1. The number of hydrogen-bond acceptors (Lipinski definition) is 6. The van der Waals surface area contributed by atoms with Crippen LogP contribution in [0, 0.1) is 0 Å². The van der Waals surface area contributed by atoms with E-state index in [4.69, 9.17) is 11.6 Å². The number of aryl methyl sites for hydroxylation is 1. The Morgan fingerprint density at radius 1 is 1.05 bits per heavy atom. The molecule has 0 atom stereocenters. The summed E-state index contributed by atoms with van der Waals surface area (Å²) in [5.41, 5.74) is 1.73. The lowest BCUT2D eigenvalue weighted by atomic mass is 10.0. The molecule has 1 amide bonds. The average Bonchev–Trinajstić information content (AvgIpc) is 3.64. The van der Waals surface area contributed by atoms with Crippen LogP contribution < -0.4 is 5.32 Å². The number of carbonyl (C=O) groups excluding carboxylic acids is 2. The topological polar surface area (TPSA) is 119 Å². The molecule has 0 spiro atoms. The normalized spacial score (nSPS) is 11.1. The van der Waals surface area contributed by atoms with Gasteiger partial charge in [0.15, 0.2) is 11.6 Å². The summed E-state index contributed by atoms with van der Waals surface area (Å²) < 4.78 is 3.14. The summed E-state index contributed by atoms with van der Waals surface area (Å²) in [6, 6.07) is 17.6. The first kappa shape index (κ1) is 25.4. The number of carboxylic acid groups (broad SMARTS) is 1. The van der Waals surface area contributed by atoms with Crippen molar-refractivity contribution in [3.63, 3.8) is 0 Å². The minimum Gasteiger partial charge on any atom is -0.480 e. The molecule has 0 saturated heterocycles. The van der Waals surface area contributed by atoms with E-state index in [1.54, 1.807) is 47.0 Å². The highest BCUT2D eigenvalue weighted by Crippen LogP contribution is 2.31. The molecule has 11 heteroatoms. The van der Waals surface area contributed by atoms with Crippen LogP contribution in [0.15, 0.2) is 67.0 Å². The quantitative estimate of drug-likeness (QED) is 0.257. The van der Waals surface area contributed by atoms with Gasteiger partial charge in [-0.05, 0) is 36.8 Å². The molecular formula is C27H22ClN5O4S. The molecule has 0 aliphatic rings. The third kappa shape index (κ3) is 4.83. The Morgan fingerprint density at radius 2 is 1.82 bits per heavy atom. The number of fused-ring (bicyclic) bond motifs is 1. The van der Waals surface area contributed by atoms with Gasteiger partial charge in [0.1, 0.15) is 23.6 Å². The number of para-hydroxylation sites is 1. The first-order valence-corrected chi connectivity index (χ1v) is 13.0. The highest BCUT2D eigenvalue weighted by atomic mass is 35.5. The van der Waals surface area contributed by atoms with Crippen molar-refractivity contribution in [1.82, 2.24) is 24.6 Å². The van der Waals surface area contributed by atoms with E-state index in [-0.39, 0.29) is 24.6 Å². The molecule has 0 aliphatic heterocycles. The van der Waals surface area contributed by atoms with Gasteiger partial charge in [-0.1, -0.05) is 48.9 Å². The largest absolute Gasteiger partial charge is 0.480 e. The lowest BCUT2D eigenvalue weighted by Gasteiger charge is -2.10. The fourth-order valence-corrected chi connectivity index (χ4v) is 5.54. The van der Waals surface area contributed by atoms with Gasteiger partial charge in [0, 0.05) is 21.3 Å². The highest BCUT2D eigenvalue weighted by molar-refractivity contribution is 7.15. The van der Waals surface area contributed by atoms with Gasteiger partial charge in [0.2, 0.25) is 0 Å². The molecule has 9 nitrogen and oxygen atoms in total. The van der Waals surface area contributed by atoms with Crippen molar-refractivity contribution in [1.29, 1.82) is 0 Å². The van der Waals surface area contributed by atoms with E-state index in [1.165, 1.54) is 22.2 Å². The number of thiophene rings is 1. The number of aliphatic carboxylic acids is 1. The monoisotopic (exact) mass is 547 g/mol. The number of halogens is 1. The Kier molecular flexibility index (Phi) is 7.08. The smallest absolute Gasteiger partial charge is 0.323 e. The van der Waals surface area contributed by atoms with Crippen LogP contribution in [0.4, 0.5) is 0 Å². The fourth-order valence-electron chi connectivity index (χ4n) is 4.24. The third-order valence-corrected chi connectivity index (χ3v) is 7.66. The van der Waals surface area contributed by atoms with E-state index in [1.807, 2.05) is 25.1 Å². The van der Waals surface area contributed by atoms with E-state index in [2.05, 4.69) is 15.5 Å². The molecule has 5 aromatic rings. The van der Waals surface area contributed by atoms with E-state index in [0.717, 1.165) is 16.7 Å². The fraction of sp³-hybridized carbons (Fsp3) is 0.148. The zero-order valence-electron chi connectivity index (χ0n) is 20.2. The number of carboxylic acids is 1. The second-order valence-electron chi connectivity index (χ2n) is 8.46. The van der Waals surface area contributed by atoms with E-state index < -0.39 is 11.9 Å². The minimum atomic E-state index is -1.06. The summed E-state index contributed by atoms with van der Waals surface area (Å²) in [4.78, 5) is 39.0. The van der Waals surface area contributed by atoms with E-state index >= 15 is 0 Å². The van der Waals surface area contributed by atoms with Crippen LogP contribution in [0.5, 0.6) is 0 Å². The summed E-state index contributed by atoms with van der Waals surface area (Å²) in [6.45, 7) is 1.66. The lowest BCUT2D eigenvalue weighted by molar-refractivity contribution is -0.137. The molecule has 5 rings (SSSR count). The molecule has 2 aromatic carbocycles. The van der Waals surface area contributed by atoms with Crippen molar-refractivity contribution in [2.24, 2.45) is 0 Å². The van der Waals surface area contributed by atoms with Crippen LogP contribution in [-0.2, 0) is 24.3 Å². The second kappa shape index (κ2) is 10.6. The Bertz CT molecular complexity index is 1690.